The van der Waals surface area contributed by atoms with E-state index in [9.17, 15) is 13.2 Å². The Kier molecular flexibility index (Phi) is 4.77. The molecule has 1 spiro atoms. The third kappa shape index (κ3) is 3.38. The Morgan fingerprint density at radius 3 is 2.62 bits per heavy atom. The minimum atomic E-state index is -3.62. The first-order valence-corrected chi connectivity index (χ1v) is 11.1. The number of hydrogen-bond donors (Lipinski definition) is 1. The summed E-state index contributed by atoms with van der Waals surface area (Å²) >= 11 is 1.58. The highest BCUT2D eigenvalue weighted by molar-refractivity contribution is 8.00. The number of nitrogens with one attached hydrogen (secondary N) is 1. The van der Waals surface area contributed by atoms with Gasteiger partial charge in [-0.3, -0.25) is 4.79 Å². The van der Waals surface area contributed by atoms with Crippen molar-refractivity contribution in [2.45, 2.75) is 47.0 Å². The van der Waals surface area contributed by atoms with Gasteiger partial charge >= 0.3 is 0 Å². The SMILES string of the molecule is C[C@H]1CC(=O)Nc2cc(S(=O)(=O)N3CCC4(CC3)OCCO4)ccc2S1. The Bertz CT molecular complexity index is 810. The summed E-state index contributed by atoms with van der Waals surface area (Å²) in [4.78, 5) is 13.1. The van der Waals surface area contributed by atoms with Crippen molar-refractivity contribution < 1.29 is 22.7 Å². The molecular formula is C17H22N2O5S2. The van der Waals surface area contributed by atoms with E-state index in [0.29, 0.717) is 51.3 Å². The largest absolute Gasteiger partial charge is 0.347 e. The summed E-state index contributed by atoms with van der Waals surface area (Å²) in [7, 11) is -3.62. The maximum absolute atomic E-state index is 13.0. The van der Waals surface area contributed by atoms with Crippen molar-refractivity contribution in [2.24, 2.45) is 0 Å². The third-order valence-electron chi connectivity index (χ3n) is 4.96. The molecule has 142 valence electrons. The van der Waals surface area contributed by atoms with E-state index in [2.05, 4.69) is 5.32 Å². The predicted octanol–water partition coefficient (Wildman–Crippen LogP) is 2.04. The molecule has 0 saturated carbocycles. The van der Waals surface area contributed by atoms with Gasteiger partial charge in [0.1, 0.15) is 0 Å². The van der Waals surface area contributed by atoms with Gasteiger partial charge in [-0.2, -0.15) is 4.31 Å². The molecule has 0 bridgehead atoms. The van der Waals surface area contributed by atoms with Crippen LogP contribution in [0.5, 0.6) is 0 Å². The summed E-state index contributed by atoms with van der Waals surface area (Å²) < 4.78 is 38.9. The molecule has 0 aromatic heterocycles. The molecule has 1 amide bonds. The quantitative estimate of drug-likeness (QED) is 0.821. The molecule has 1 N–H and O–H groups in total. The molecule has 3 heterocycles. The first-order valence-electron chi connectivity index (χ1n) is 8.77. The van der Waals surface area contributed by atoms with Gasteiger partial charge in [0, 0.05) is 42.5 Å². The van der Waals surface area contributed by atoms with Crippen LogP contribution in [0.4, 0.5) is 5.69 Å². The van der Waals surface area contributed by atoms with Gasteiger partial charge in [0.2, 0.25) is 15.9 Å². The van der Waals surface area contributed by atoms with Crippen molar-refractivity contribution in [1.29, 1.82) is 0 Å². The number of hydrogen-bond acceptors (Lipinski definition) is 6. The summed E-state index contributed by atoms with van der Waals surface area (Å²) in [5.41, 5.74) is 0.571. The number of thioether (sulfide) groups is 1. The van der Waals surface area contributed by atoms with Crippen LogP contribution in [0, 0.1) is 0 Å². The molecule has 4 rings (SSSR count). The predicted molar refractivity (Wildman–Crippen MR) is 97.6 cm³/mol. The van der Waals surface area contributed by atoms with Crippen LogP contribution in [0.25, 0.3) is 0 Å². The van der Waals surface area contributed by atoms with E-state index in [0.717, 1.165) is 4.90 Å². The Labute approximate surface area is 157 Å². The van der Waals surface area contributed by atoms with Gasteiger partial charge in [-0.05, 0) is 18.2 Å². The fourth-order valence-corrected chi connectivity index (χ4v) is 6.11. The number of rotatable bonds is 2. The van der Waals surface area contributed by atoms with Crippen molar-refractivity contribution in [3.8, 4) is 0 Å². The van der Waals surface area contributed by atoms with Gasteiger partial charge < -0.3 is 14.8 Å². The number of nitrogens with zero attached hydrogens (tertiary/aromatic N) is 1. The lowest BCUT2D eigenvalue weighted by atomic mass is 10.1. The summed E-state index contributed by atoms with van der Waals surface area (Å²) in [5, 5.41) is 2.98. The van der Waals surface area contributed by atoms with Crippen molar-refractivity contribution in [3.05, 3.63) is 18.2 Å². The molecule has 3 aliphatic heterocycles. The second kappa shape index (κ2) is 6.79. The highest BCUT2D eigenvalue weighted by Crippen LogP contribution is 2.38. The zero-order valence-electron chi connectivity index (χ0n) is 14.6. The van der Waals surface area contributed by atoms with Crippen LogP contribution in [0.1, 0.15) is 26.2 Å². The fourth-order valence-electron chi connectivity index (χ4n) is 3.59. The highest BCUT2D eigenvalue weighted by atomic mass is 32.2. The summed E-state index contributed by atoms with van der Waals surface area (Å²) in [6.07, 6.45) is 1.47. The van der Waals surface area contributed by atoms with Gasteiger partial charge in [0.25, 0.3) is 0 Å². The summed E-state index contributed by atoms with van der Waals surface area (Å²) in [5.74, 6) is -0.700. The Hall–Kier alpha value is -1.13. The molecule has 0 unspecified atom stereocenters. The Morgan fingerprint density at radius 1 is 1.23 bits per heavy atom. The Morgan fingerprint density at radius 2 is 1.92 bits per heavy atom. The van der Waals surface area contributed by atoms with E-state index in [1.165, 1.54) is 4.31 Å². The van der Waals surface area contributed by atoms with Crippen LogP contribution in [0.2, 0.25) is 0 Å². The third-order valence-corrected chi connectivity index (χ3v) is 8.04. The normalized spacial score (nSPS) is 26.3. The minimum absolute atomic E-state index is 0.0891. The monoisotopic (exact) mass is 398 g/mol. The molecule has 0 aliphatic carbocycles. The van der Waals surface area contributed by atoms with Gasteiger partial charge in [0.05, 0.1) is 23.8 Å². The number of anilines is 1. The molecule has 2 saturated heterocycles. The minimum Gasteiger partial charge on any atom is -0.347 e. The lowest BCUT2D eigenvalue weighted by Gasteiger charge is -2.36. The fraction of sp³-hybridized carbons (Fsp3) is 0.588. The second-order valence-corrected chi connectivity index (χ2v) is 10.3. The summed E-state index contributed by atoms with van der Waals surface area (Å²) in [6, 6.07) is 4.97. The van der Waals surface area contributed by atoms with Crippen LogP contribution in [0.3, 0.4) is 0 Å². The van der Waals surface area contributed by atoms with E-state index >= 15 is 0 Å². The van der Waals surface area contributed by atoms with Crippen LogP contribution in [0.15, 0.2) is 28.0 Å². The van der Waals surface area contributed by atoms with Crippen LogP contribution in [-0.4, -0.2) is 56.0 Å². The number of benzene rings is 1. The number of sulfonamides is 1. The van der Waals surface area contributed by atoms with E-state index in [-0.39, 0.29) is 16.1 Å². The van der Waals surface area contributed by atoms with E-state index in [4.69, 9.17) is 9.47 Å². The Balaban J connectivity index is 1.56. The maximum Gasteiger partial charge on any atom is 0.243 e. The van der Waals surface area contributed by atoms with Crippen LogP contribution < -0.4 is 5.32 Å². The lowest BCUT2D eigenvalue weighted by Crippen LogP contribution is -2.47. The smallest absolute Gasteiger partial charge is 0.243 e. The van der Waals surface area contributed by atoms with Crippen molar-refractivity contribution >= 4 is 33.4 Å². The molecule has 26 heavy (non-hydrogen) atoms. The van der Waals surface area contributed by atoms with E-state index in [1.807, 2.05) is 6.92 Å². The molecule has 2 fully saturated rings. The van der Waals surface area contributed by atoms with Gasteiger partial charge in [-0.15, -0.1) is 11.8 Å². The molecule has 9 heteroatoms. The number of carbonyl (C=O) groups is 1. The second-order valence-electron chi connectivity index (χ2n) is 6.85. The average Bonchev–Trinajstić information content (AvgIpc) is 2.98. The number of fused-ring (bicyclic) bond motifs is 1. The zero-order valence-corrected chi connectivity index (χ0v) is 16.2. The van der Waals surface area contributed by atoms with E-state index in [1.54, 1.807) is 30.0 Å². The van der Waals surface area contributed by atoms with Gasteiger partial charge in [0.15, 0.2) is 5.79 Å². The van der Waals surface area contributed by atoms with Crippen molar-refractivity contribution in [2.75, 3.05) is 31.6 Å². The number of amides is 1. The lowest BCUT2D eigenvalue weighted by molar-refractivity contribution is -0.179. The average molecular weight is 399 g/mol. The molecule has 0 radical (unpaired) electrons. The van der Waals surface area contributed by atoms with Gasteiger partial charge in [-0.25, -0.2) is 8.42 Å². The van der Waals surface area contributed by atoms with Crippen LogP contribution in [-0.2, 0) is 24.3 Å². The maximum atomic E-state index is 13.0. The molecule has 7 nitrogen and oxygen atoms in total. The summed E-state index contributed by atoms with van der Waals surface area (Å²) in [6.45, 7) is 3.83. The van der Waals surface area contributed by atoms with Crippen molar-refractivity contribution in [3.63, 3.8) is 0 Å². The molecular weight excluding hydrogens is 376 g/mol. The zero-order chi connectivity index (χ0) is 18.4. The number of ether oxygens (including phenoxy) is 2. The van der Waals surface area contributed by atoms with Crippen molar-refractivity contribution in [1.82, 2.24) is 4.31 Å². The van der Waals surface area contributed by atoms with Gasteiger partial charge in [-0.1, -0.05) is 6.92 Å². The molecule has 1 aromatic rings. The first kappa shape index (κ1) is 18.2. The molecule has 1 aromatic carbocycles. The first-order chi connectivity index (χ1) is 12.4. The van der Waals surface area contributed by atoms with Crippen LogP contribution >= 0.6 is 11.8 Å². The molecule has 1 atom stereocenters. The number of piperidine rings is 1. The number of carbonyl (C=O) groups excluding carboxylic acids is 1. The topological polar surface area (TPSA) is 84.9 Å². The highest BCUT2D eigenvalue weighted by Gasteiger charge is 2.42. The van der Waals surface area contributed by atoms with E-state index < -0.39 is 15.8 Å². The molecule has 3 aliphatic rings. The standard InChI is InChI=1S/C17H22N2O5S2/c1-12-10-16(20)18-14-11-13(2-3-15(14)25-12)26(21,22)19-6-4-17(5-7-19)23-8-9-24-17/h2-3,11-12H,4-10H2,1H3,(H,18,20)/t12-/m0/s1.